The van der Waals surface area contributed by atoms with Crippen LogP contribution in [0.5, 0.6) is 11.5 Å². The molecule has 13 atom stereocenters. The summed E-state index contributed by atoms with van der Waals surface area (Å²) in [6.07, 6.45) is -4.99. The number of amides is 8. The number of hydrogen-bond donors (Lipinski definition) is 14. The third-order valence-corrected chi connectivity index (χ3v) is 18.9. The van der Waals surface area contributed by atoms with E-state index < -0.39 is 177 Å². The fourth-order valence-corrected chi connectivity index (χ4v) is 13.5. The molecule has 0 bridgehead atoms. The molecule has 31 nitrogen and oxygen atoms in total. The summed E-state index contributed by atoms with van der Waals surface area (Å²) in [5, 5.41) is 113. The van der Waals surface area contributed by atoms with Crippen LogP contribution >= 0.6 is 23.7 Å². The molecule has 33 heteroatoms. The lowest BCUT2D eigenvalue weighted by Gasteiger charge is -2.36. The first kappa shape index (κ1) is 70.6. The normalized spacial score (nSPS) is 26.8. The molecule has 1 aliphatic carbocycles. The second-order valence-electron chi connectivity index (χ2n) is 24.4. The van der Waals surface area contributed by atoms with E-state index in [4.69, 9.17) is 19.9 Å². The second-order valence-corrected chi connectivity index (χ2v) is 25.8. The quantitative estimate of drug-likeness (QED) is 0.0248. The van der Waals surface area contributed by atoms with Gasteiger partial charge in [0.25, 0.3) is 18.2 Å². The molecule has 5 heterocycles. The Labute approximate surface area is 547 Å². The maximum Gasteiger partial charge on any atom is 0.261 e. The first-order valence-corrected chi connectivity index (χ1v) is 32.5. The van der Waals surface area contributed by atoms with E-state index in [-0.39, 0.29) is 35.3 Å². The number of nitrogens with one attached hydrogen (secondary N) is 5. The van der Waals surface area contributed by atoms with Crippen molar-refractivity contribution in [1.82, 2.24) is 46.6 Å². The Kier molecular flexibility index (Phi) is 24.2. The molecule has 1 saturated carbocycles. The molecule has 12 unspecified atom stereocenters. The summed E-state index contributed by atoms with van der Waals surface area (Å²) >= 11 is 1.38. The van der Waals surface area contributed by atoms with E-state index >= 15 is 0 Å². The predicted octanol–water partition coefficient (Wildman–Crippen LogP) is -0.917. The Hall–Kier alpha value is -7.67. The number of piperidine rings is 1. The lowest BCUT2D eigenvalue weighted by molar-refractivity contribution is -0.433. The van der Waals surface area contributed by atoms with E-state index in [9.17, 15) is 74.1 Å². The number of nitrogens with two attached hydrogens (primary N) is 1. The second kappa shape index (κ2) is 32.2. The van der Waals surface area contributed by atoms with Crippen molar-refractivity contribution in [1.29, 1.82) is 0 Å². The number of carbonyl (C=O) groups is 8. The molecule has 5 fully saturated rings. The van der Waals surface area contributed by atoms with Crippen molar-refractivity contribution in [3.8, 4) is 32.6 Å². The third-order valence-electron chi connectivity index (χ3n) is 17.5. The monoisotopic (exact) mass is 1350 g/mol. The lowest BCUT2D eigenvalue weighted by Crippen LogP contribution is -2.64. The zero-order valence-electron chi connectivity index (χ0n) is 51.4. The van der Waals surface area contributed by atoms with Gasteiger partial charge in [-0.3, -0.25) is 38.4 Å². The fourth-order valence-electron chi connectivity index (χ4n) is 12.4. The molecular weight excluding hydrogens is 1270 g/mol. The van der Waals surface area contributed by atoms with Crippen molar-refractivity contribution >= 4 is 76.6 Å². The highest BCUT2D eigenvalue weighted by atomic mass is 32.2. The van der Waals surface area contributed by atoms with Gasteiger partial charge in [0.2, 0.25) is 41.4 Å². The summed E-state index contributed by atoms with van der Waals surface area (Å²) < 4.78 is 15.8. The zero-order chi connectivity index (χ0) is 67.5. The Bertz CT molecular complexity index is 3320. The maximum atomic E-state index is 14.7. The number of phenols is 1. The lowest BCUT2D eigenvalue weighted by atomic mass is 9.97. The molecule has 0 radical (unpaired) electrons. The zero-order valence-corrected chi connectivity index (χ0v) is 53.1. The first-order chi connectivity index (χ1) is 45.0. The summed E-state index contributed by atoms with van der Waals surface area (Å²) in [5.74, 6) is -11.1. The third kappa shape index (κ3) is 17.6. The minimum absolute atomic E-state index is 0.0141. The van der Waals surface area contributed by atoms with Crippen LogP contribution < -0.4 is 41.4 Å². The molecule has 9 rings (SSSR count). The minimum Gasteiger partial charge on any atom is -0.504 e. The number of aliphatic hydroxyl groups is 6. The SMILES string of the molecule is CC(O)C1NC(=O)[C@@H](NC(=O)c2ccc(-c3nnc(-c4ccc(N5CCC(OC6CCCCC6)CC5)cc4)s3)cc2)CC(O)CNC(=O)C2C(O)C(C)CN2C(=O)C(C(O)CC(N)=O)NC(=O)C(C(O)Cc2ccc(O)c(OSOOO)c2)NC(=O)C2CC(O)CN2C1=O. The summed E-state index contributed by atoms with van der Waals surface area (Å²) in [5.41, 5.74) is 8.07. The summed E-state index contributed by atoms with van der Waals surface area (Å²) in [4.78, 5) is 118. The molecule has 4 aliphatic heterocycles. The Morgan fingerprint density at radius 3 is 2.02 bits per heavy atom. The molecular formula is C61H79N11O20S2. The predicted molar refractivity (Wildman–Crippen MR) is 334 cm³/mol. The van der Waals surface area contributed by atoms with E-state index in [2.05, 4.69) is 63.2 Å². The van der Waals surface area contributed by atoms with Crippen molar-refractivity contribution in [3.05, 3.63) is 77.9 Å². The Morgan fingerprint density at radius 2 is 1.37 bits per heavy atom. The van der Waals surface area contributed by atoms with E-state index in [1.165, 1.54) is 55.7 Å². The average Bonchev–Trinajstić information content (AvgIpc) is 1.62. The molecule has 4 saturated heterocycles. The summed E-state index contributed by atoms with van der Waals surface area (Å²) in [6.45, 7) is 2.67. The van der Waals surface area contributed by atoms with Crippen molar-refractivity contribution < 1.29 is 97.7 Å². The molecule has 510 valence electrons. The van der Waals surface area contributed by atoms with Gasteiger partial charge in [0.1, 0.15) is 46.3 Å². The molecule has 15 N–H and O–H groups in total. The Morgan fingerprint density at radius 1 is 0.745 bits per heavy atom. The number of carbonyl (C=O) groups excluding carboxylic acids is 8. The first-order valence-electron chi connectivity index (χ1n) is 31.0. The maximum absolute atomic E-state index is 14.7. The number of fused-ring (bicyclic) bond motifs is 2. The number of β-amino-alcohol motifs (C(OH)–C–C–N with tert-alkyl or cyclic N) is 1. The minimum atomic E-state index is -2.22. The summed E-state index contributed by atoms with van der Waals surface area (Å²) in [6, 6.07) is 6.09. The van der Waals surface area contributed by atoms with Gasteiger partial charge < -0.3 is 91.7 Å². The number of aliphatic hydroxyl groups excluding tert-OH is 6. The smallest absolute Gasteiger partial charge is 0.261 e. The molecule has 1 aromatic heterocycles. The molecule has 0 spiro atoms. The van der Waals surface area contributed by atoms with Crippen molar-refractivity contribution in [2.75, 3.05) is 37.6 Å². The van der Waals surface area contributed by atoms with E-state index in [1.54, 1.807) is 12.1 Å². The highest BCUT2D eigenvalue weighted by molar-refractivity contribution is 7.90. The van der Waals surface area contributed by atoms with Gasteiger partial charge in [-0.05, 0) is 86.7 Å². The standard InChI is InChI=1S/C61H79N11O20S2/c1-30-28-72-51(52(30)80)57(85)63-27-37(74)24-41(64-53(81)33-9-11-34(12-10-33)58-68-69-59(93-58)35-13-15-36(16-14-35)70-20-18-40(19-21-70)89-39-6-4-3-5-7-39)54(82)65-48(31(2)73)60(86)71-29-38(75)25-42(71)55(83)66-49(56(84)67-50(61(72)87)45(78)26-47(62)79)44(77)22-32-8-17-43(76)46(23-32)90-94-92-91-88/h8-17,23,30-31,37-42,44-45,48-52,73-78,80,88H,3-7,18-22,24-29H2,1-2H3,(H2,62,79)(H,63,85)(H,64,81)(H,65,82)(H,66,83)(H,67,84)/t30?,31?,37?,38?,41-,42?,44?,45?,48?,49?,50?,51?,52?/m0/s1. The number of aromatic nitrogens is 2. The van der Waals surface area contributed by atoms with Gasteiger partial charge in [-0.25, -0.2) is 5.26 Å². The fraction of sp³-hybridized carbons (Fsp3) is 0.541. The van der Waals surface area contributed by atoms with Crippen LogP contribution in [0.3, 0.4) is 0 Å². The van der Waals surface area contributed by atoms with Gasteiger partial charge in [-0.1, -0.05) is 65.1 Å². The van der Waals surface area contributed by atoms with E-state index in [1.807, 2.05) is 12.1 Å². The number of anilines is 1. The van der Waals surface area contributed by atoms with Gasteiger partial charge in [-0.15, -0.1) is 10.2 Å². The van der Waals surface area contributed by atoms with Crippen LogP contribution in [0.15, 0.2) is 66.7 Å². The van der Waals surface area contributed by atoms with Crippen LogP contribution in [-0.4, -0.2) is 226 Å². The number of primary amides is 1. The van der Waals surface area contributed by atoms with Gasteiger partial charge in [0.05, 0.1) is 55.3 Å². The highest BCUT2D eigenvalue weighted by Gasteiger charge is 2.50. The summed E-state index contributed by atoms with van der Waals surface area (Å²) in [7, 11) is 0. The van der Waals surface area contributed by atoms with E-state index in [0.717, 1.165) is 78.9 Å². The Balaban J connectivity index is 0.953. The van der Waals surface area contributed by atoms with Gasteiger partial charge in [-0.2, -0.15) is 0 Å². The number of benzene rings is 3. The molecule has 4 aromatic rings. The van der Waals surface area contributed by atoms with Gasteiger partial charge in [0.15, 0.2) is 11.5 Å². The topological polar surface area (TPSA) is 457 Å². The van der Waals surface area contributed by atoms with Crippen LogP contribution in [0, 0.1) is 5.92 Å². The number of nitrogens with zero attached hydrogens (tertiary/aromatic N) is 5. The number of hydrogen-bond acceptors (Lipinski definition) is 25. The van der Waals surface area contributed by atoms with Crippen LogP contribution in [0.4, 0.5) is 5.69 Å². The number of ether oxygens (including phenoxy) is 1. The number of rotatable bonds is 18. The van der Waals surface area contributed by atoms with Crippen molar-refractivity contribution in [3.63, 3.8) is 0 Å². The van der Waals surface area contributed by atoms with Crippen molar-refractivity contribution in [2.24, 2.45) is 11.7 Å². The highest BCUT2D eigenvalue weighted by Crippen LogP contribution is 2.35. The van der Waals surface area contributed by atoms with Crippen LogP contribution in [0.25, 0.3) is 21.1 Å². The molecule has 94 heavy (non-hydrogen) atoms. The van der Waals surface area contributed by atoms with Crippen molar-refractivity contribution in [2.45, 2.75) is 170 Å². The molecule has 3 aromatic carbocycles. The van der Waals surface area contributed by atoms with Crippen LogP contribution in [-0.2, 0) is 54.1 Å². The van der Waals surface area contributed by atoms with E-state index in [0.29, 0.717) is 21.7 Å². The number of phenolic OH excluding ortho intramolecular Hbond substituents is 1. The van der Waals surface area contributed by atoms with Crippen LogP contribution in [0.2, 0.25) is 0 Å². The van der Waals surface area contributed by atoms with Gasteiger partial charge in [0, 0.05) is 80.3 Å². The van der Waals surface area contributed by atoms with Gasteiger partial charge >= 0.3 is 0 Å². The average molecular weight is 1350 g/mol. The van der Waals surface area contributed by atoms with Crippen LogP contribution in [0.1, 0.15) is 94.0 Å². The number of aromatic hydroxyl groups is 1. The largest absolute Gasteiger partial charge is 0.504 e. The molecule has 8 amide bonds. The molecule has 5 aliphatic rings.